The molecule has 18 heavy (non-hydrogen) atoms. The van der Waals surface area contributed by atoms with Crippen molar-refractivity contribution in [3.8, 4) is 11.3 Å². The molecule has 0 bridgehead atoms. The SMILES string of the molecule is CC(C)(C)c1nc(=S)cc(-c2cncc(F)c2)[nH]1. The molecule has 3 nitrogen and oxygen atoms in total. The summed E-state index contributed by atoms with van der Waals surface area (Å²) >= 11 is 5.14. The smallest absolute Gasteiger partial charge is 0.142 e. The first-order valence-electron chi connectivity index (χ1n) is 5.59. The summed E-state index contributed by atoms with van der Waals surface area (Å²) in [5.74, 6) is 0.398. The standard InChI is InChI=1S/C13H14FN3S/c1-13(2,3)12-16-10(5-11(18)17-12)8-4-9(14)7-15-6-8/h4-7H,1-3H3,(H,16,17,18). The van der Waals surface area contributed by atoms with Crippen molar-refractivity contribution < 1.29 is 4.39 Å². The largest absolute Gasteiger partial charge is 0.343 e. The van der Waals surface area contributed by atoms with E-state index in [0.29, 0.717) is 10.2 Å². The summed E-state index contributed by atoms with van der Waals surface area (Å²) in [4.78, 5) is 11.3. The van der Waals surface area contributed by atoms with Crippen molar-refractivity contribution in [2.24, 2.45) is 0 Å². The van der Waals surface area contributed by atoms with E-state index in [1.54, 1.807) is 12.3 Å². The summed E-state index contributed by atoms with van der Waals surface area (Å²) in [6.07, 6.45) is 2.76. The van der Waals surface area contributed by atoms with Gasteiger partial charge in [-0.3, -0.25) is 4.98 Å². The summed E-state index contributed by atoms with van der Waals surface area (Å²) in [6.45, 7) is 6.11. The van der Waals surface area contributed by atoms with E-state index in [1.807, 2.05) is 20.8 Å². The predicted molar refractivity (Wildman–Crippen MR) is 71.3 cm³/mol. The van der Waals surface area contributed by atoms with Crippen LogP contribution < -0.4 is 0 Å². The molecule has 0 unspecified atom stereocenters. The van der Waals surface area contributed by atoms with E-state index in [4.69, 9.17) is 12.2 Å². The zero-order valence-corrected chi connectivity index (χ0v) is 11.3. The molecule has 0 atom stereocenters. The molecule has 1 N–H and O–H groups in total. The van der Waals surface area contributed by atoms with Crippen molar-refractivity contribution in [2.45, 2.75) is 26.2 Å². The van der Waals surface area contributed by atoms with E-state index in [1.165, 1.54) is 12.3 Å². The van der Waals surface area contributed by atoms with E-state index >= 15 is 0 Å². The Morgan fingerprint density at radius 2 is 1.94 bits per heavy atom. The Balaban J connectivity index is 2.59. The molecule has 94 valence electrons. The lowest BCUT2D eigenvalue weighted by Gasteiger charge is -2.18. The Morgan fingerprint density at radius 3 is 2.56 bits per heavy atom. The zero-order valence-electron chi connectivity index (χ0n) is 10.5. The molecule has 0 aliphatic rings. The average molecular weight is 263 g/mol. The highest BCUT2D eigenvalue weighted by Gasteiger charge is 2.17. The second kappa shape index (κ2) is 4.57. The molecule has 2 heterocycles. The lowest BCUT2D eigenvalue weighted by molar-refractivity contribution is 0.545. The Kier molecular flexibility index (Phi) is 3.26. The maximum Gasteiger partial charge on any atom is 0.142 e. The molecule has 0 aliphatic carbocycles. The van der Waals surface area contributed by atoms with Crippen LogP contribution in [-0.4, -0.2) is 15.0 Å². The average Bonchev–Trinajstić information content (AvgIpc) is 2.27. The van der Waals surface area contributed by atoms with Crippen LogP contribution >= 0.6 is 12.2 Å². The fourth-order valence-corrected chi connectivity index (χ4v) is 1.74. The Morgan fingerprint density at radius 1 is 1.22 bits per heavy atom. The highest BCUT2D eigenvalue weighted by atomic mass is 32.1. The van der Waals surface area contributed by atoms with Gasteiger partial charge in [0.05, 0.1) is 11.9 Å². The quantitative estimate of drug-likeness (QED) is 0.799. The van der Waals surface area contributed by atoms with E-state index in [9.17, 15) is 4.39 Å². The van der Waals surface area contributed by atoms with Crippen molar-refractivity contribution in [1.29, 1.82) is 0 Å². The predicted octanol–water partition coefficient (Wildman–Crippen LogP) is 3.64. The molecule has 0 saturated carbocycles. The lowest BCUT2D eigenvalue weighted by atomic mass is 9.95. The number of halogens is 1. The van der Waals surface area contributed by atoms with Crippen LogP contribution in [0, 0.1) is 10.5 Å². The molecule has 0 aliphatic heterocycles. The maximum atomic E-state index is 13.2. The molecule has 0 amide bonds. The lowest BCUT2D eigenvalue weighted by Crippen LogP contribution is -2.16. The normalized spacial score (nSPS) is 11.6. The van der Waals surface area contributed by atoms with E-state index in [-0.39, 0.29) is 11.2 Å². The highest BCUT2D eigenvalue weighted by molar-refractivity contribution is 7.71. The minimum absolute atomic E-state index is 0.148. The summed E-state index contributed by atoms with van der Waals surface area (Å²) in [5, 5.41) is 0. The highest BCUT2D eigenvalue weighted by Crippen LogP contribution is 2.22. The number of hydrogen-bond acceptors (Lipinski definition) is 3. The van der Waals surface area contributed by atoms with Crippen molar-refractivity contribution in [3.05, 3.63) is 40.8 Å². The van der Waals surface area contributed by atoms with Gasteiger partial charge in [-0.05, 0) is 12.1 Å². The van der Waals surface area contributed by atoms with Crippen molar-refractivity contribution in [3.63, 3.8) is 0 Å². The summed E-state index contributed by atoms with van der Waals surface area (Å²) < 4.78 is 13.7. The molecular formula is C13H14FN3S. The number of H-pyrrole nitrogens is 1. The van der Waals surface area contributed by atoms with Crippen molar-refractivity contribution >= 4 is 12.2 Å². The van der Waals surface area contributed by atoms with Gasteiger partial charge in [0.25, 0.3) is 0 Å². The van der Waals surface area contributed by atoms with Gasteiger partial charge in [0.2, 0.25) is 0 Å². The van der Waals surface area contributed by atoms with Crippen LogP contribution in [0.4, 0.5) is 4.39 Å². The van der Waals surface area contributed by atoms with Crippen LogP contribution in [0.2, 0.25) is 0 Å². The van der Waals surface area contributed by atoms with Gasteiger partial charge in [0.15, 0.2) is 0 Å². The van der Waals surface area contributed by atoms with Gasteiger partial charge in [-0.1, -0.05) is 33.0 Å². The van der Waals surface area contributed by atoms with Crippen molar-refractivity contribution in [1.82, 2.24) is 15.0 Å². The second-order valence-corrected chi connectivity index (χ2v) is 5.54. The first-order valence-corrected chi connectivity index (χ1v) is 6.00. The third-order valence-electron chi connectivity index (χ3n) is 2.47. The Bertz CT molecular complexity index is 629. The topological polar surface area (TPSA) is 41.6 Å². The van der Waals surface area contributed by atoms with E-state index in [0.717, 1.165) is 11.5 Å². The summed E-state index contributed by atoms with van der Waals surface area (Å²) in [5.41, 5.74) is 1.24. The van der Waals surface area contributed by atoms with Crippen LogP contribution in [0.25, 0.3) is 11.3 Å². The van der Waals surface area contributed by atoms with Gasteiger partial charge >= 0.3 is 0 Å². The summed E-state index contributed by atoms with van der Waals surface area (Å²) in [6, 6.07) is 3.13. The fourth-order valence-electron chi connectivity index (χ4n) is 1.53. The van der Waals surface area contributed by atoms with Crippen LogP contribution in [0.15, 0.2) is 24.5 Å². The van der Waals surface area contributed by atoms with Gasteiger partial charge in [0.1, 0.15) is 16.3 Å². The molecule has 2 aromatic rings. The number of aromatic nitrogens is 3. The van der Waals surface area contributed by atoms with Gasteiger partial charge in [-0.15, -0.1) is 0 Å². The third kappa shape index (κ3) is 2.79. The monoisotopic (exact) mass is 263 g/mol. The first-order chi connectivity index (χ1) is 8.36. The molecule has 2 aromatic heterocycles. The Hall–Kier alpha value is -1.62. The maximum absolute atomic E-state index is 13.2. The number of aromatic amines is 1. The number of nitrogens with one attached hydrogen (secondary N) is 1. The minimum Gasteiger partial charge on any atom is -0.343 e. The molecular weight excluding hydrogens is 249 g/mol. The van der Waals surface area contributed by atoms with Gasteiger partial charge in [-0.2, -0.15) is 0 Å². The number of pyridine rings is 1. The molecule has 2 rings (SSSR count). The third-order valence-corrected chi connectivity index (χ3v) is 2.68. The van der Waals surface area contributed by atoms with Gasteiger partial charge in [-0.25, -0.2) is 9.37 Å². The summed E-state index contributed by atoms with van der Waals surface area (Å²) in [7, 11) is 0. The molecule has 0 spiro atoms. The molecule has 0 saturated heterocycles. The fraction of sp³-hybridized carbons (Fsp3) is 0.308. The Labute approximate surface area is 110 Å². The number of hydrogen-bond donors (Lipinski definition) is 1. The van der Waals surface area contributed by atoms with E-state index < -0.39 is 0 Å². The van der Waals surface area contributed by atoms with Crippen LogP contribution in [0.1, 0.15) is 26.6 Å². The van der Waals surface area contributed by atoms with Crippen LogP contribution in [0.3, 0.4) is 0 Å². The van der Waals surface area contributed by atoms with Gasteiger partial charge < -0.3 is 4.98 Å². The number of rotatable bonds is 1. The number of nitrogens with zero attached hydrogens (tertiary/aromatic N) is 2. The second-order valence-electron chi connectivity index (χ2n) is 5.12. The van der Waals surface area contributed by atoms with Crippen LogP contribution in [0.5, 0.6) is 0 Å². The minimum atomic E-state index is -0.374. The van der Waals surface area contributed by atoms with Gasteiger partial charge in [0, 0.05) is 17.2 Å². The molecule has 0 fully saturated rings. The molecule has 0 aromatic carbocycles. The van der Waals surface area contributed by atoms with Crippen LogP contribution in [-0.2, 0) is 5.41 Å². The molecule has 5 heteroatoms. The first kappa shape index (κ1) is 12.8. The molecule has 0 radical (unpaired) electrons. The van der Waals surface area contributed by atoms with E-state index in [2.05, 4.69) is 15.0 Å². The zero-order chi connectivity index (χ0) is 13.3. The van der Waals surface area contributed by atoms with Crippen molar-refractivity contribution in [2.75, 3.05) is 0 Å².